The van der Waals surface area contributed by atoms with Crippen LogP contribution in [0.2, 0.25) is 0 Å². The molecule has 0 aliphatic carbocycles. The Morgan fingerprint density at radius 1 is 1.47 bits per heavy atom. The lowest BCUT2D eigenvalue weighted by atomic mass is 10.2. The summed E-state index contributed by atoms with van der Waals surface area (Å²) < 4.78 is 5.15. The summed E-state index contributed by atoms with van der Waals surface area (Å²) in [6, 6.07) is 4.42. The fourth-order valence-corrected chi connectivity index (χ4v) is 1.51. The Morgan fingerprint density at radius 3 is 2.87 bits per heavy atom. The number of aryl methyl sites for hydroxylation is 1. The zero-order valence-electron chi connectivity index (χ0n) is 9.79. The van der Waals surface area contributed by atoms with Crippen molar-refractivity contribution in [2.24, 2.45) is 0 Å². The summed E-state index contributed by atoms with van der Waals surface area (Å²) in [4.78, 5) is 4.35. The molecule has 15 heavy (non-hydrogen) atoms. The van der Waals surface area contributed by atoms with Crippen LogP contribution < -0.4 is 5.32 Å². The van der Waals surface area contributed by atoms with Crippen LogP contribution in [0.4, 0.5) is 5.82 Å². The summed E-state index contributed by atoms with van der Waals surface area (Å²) in [7, 11) is 1.73. The molecule has 0 aliphatic heterocycles. The van der Waals surface area contributed by atoms with Crippen LogP contribution in [0.5, 0.6) is 0 Å². The van der Waals surface area contributed by atoms with Crippen molar-refractivity contribution in [1.82, 2.24) is 4.98 Å². The molecule has 0 aliphatic rings. The maximum Gasteiger partial charge on any atom is 0.129 e. The maximum absolute atomic E-state index is 5.15. The molecule has 0 saturated heterocycles. The Labute approximate surface area is 91.9 Å². The van der Waals surface area contributed by atoms with E-state index in [0.29, 0.717) is 6.04 Å². The number of pyridine rings is 1. The minimum absolute atomic E-state index is 0.343. The third-order valence-electron chi connectivity index (χ3n) is 2.47. The Kier molecular flexibility index (Phi) is 5.12. The predicted molar refractivity (Wildman–Crippen MR) is 63.2 cm³/mol. The number of aromatic nitrogens is 1. The van der Waals surface area contributed by atoms with Crippen LogP contribution in [-0.2, 0) is 11.2 Å². The Morgan fingerprint density at radius 2 is 2.27 bits per heavy atom. The number of rotatable bonds is 6. The largest absolute Gasteiger partial charge is 0.383 e. The molecule has 3 nitrogen and oxygen atoms in total. The van der Waals surface area contributed by atoms with Gasteiger partial charge in [0.15, 0.2) is 0 Å². The van der Waals surface area contributed by atoms with Crippen LogP contribution in [0.25, 0.3) is 0 Å². The first-order valence-electron chi connectivity index (χ1n) is 5.51. The van der Waals surface area contributed by atoms with Gasteiger partial charge in [-0.2, -0.15) is 0 Å². The molecule has 1 N–H and O–H groups in total. The van der Waals surface area contributed by atoms with E-state index < -0.39 is 0 Å². The van der Waals surface area contributed by atoms with E-state index in [1.807, 2.05) is 12.3 Å². The summed E-state index contributed by atoms with van der Waals surface area (Å²) in [6.45, 7) is 5.00. The third kappa shape index (κ3) is 3.51. The van der Waals surface area contributed by atoms with Crippen LogP contribution in [-0.4, -0.2) is 24.7 Å². The van der Waals surface area contributed by atoms with Crippen molar-refractivity contribution in [1.29, 1.82) is 0 Å². The van der Waals surface area contributed by atoms with Crippen LogP contribution in [0.3, 0.4) is 0 Å². The average Bonchev–Trinajstić information content (AvgIpc) is 2.29. The van der Waals surface area contributed by atoms with E-state index in [1.54, 1.807) is 7.11 Å². The van der Waals surface area contributed by atoms with Gasteiger partial charge < -0.3 is 10.1 Å². The molecular weight excluding hydrogens is 188 g/mol. The molecular formula is C12H20N2O. The van der Waals surface area contributed by atoms with Crippen molar-refractivity contribution in [3.8, 4) is 0 Å². The summed E-state index contributed by atoms with van der Waals surface area (Å²) in [5, 5.41) is 3.41. The van der Waals surface area contributed by atoms with Crippen LogP contribution >= 0.6 is 0 Å². The molecule has 1 heterocycles. The van der Waals surface area contributed by atoms with Gasteiger partial charge in [-0.15, -0.1) is 0 Å². The second-order valence-electron chi connectivity index (χ2n) is 3.57. The van der Waals surface area contributed by atoms with Gasteiger partial charge in [0.2, 0.25) is 0 Å². The zero-order valence-corrected chi connectivity index (χ0v) is 9.79. The van der Waals surface area contributed by atoms with Gasteiger partial charge in [0.05, 0.1) is 12.6 Å². The van der Waals surface area contributed by atoms with Gasteiger partial charge in [-0.3, -0.25) is 0 Å². The Bertz CT molecular complexity index is 289. The predicted octanol–water partition coefficient (Wildman–Crippen LogP) is 2.48. The minimum Gasteiger partial charge on any atom is -0.383 e. The van der Waals surface area contributed by atoms with Crippen LogP contribution in [0, 0.1) is 0 Å². The second kappa shape index (κ2) is 6.40. The van der Waals surface area contributed by atoms with Crippen molar-refractivity contribution < 1.29 is 4.74 Å². The number of anilines is 1. The van der Waals surface area contributed by atoms with Crippen molar-refractivity contribution in [3.05, 3.63) is 23.9 Å². The van der Waals surface area contributed by atoms with Gasteiger partial charge in [-0.05, 0) is 24.5 Å². The van der Waals surface area contributed by atoms with Crippen molar-refractivity contribution in [2.75, 3.05) is 19.0 Å². The van der Waals surface area contributed by atoms with E-state index in [1.165, 1.54) is 5.56 Å². The highest BCUT2D eigenvalue weighted by Crippen LogP contribution is 2.13. The first-order chi connectivity index (χ1) is 7.31. The summed E-state index contributed by atoms with van der Waals surface area (Å²) in [6.07, 6.45) is 3.86. The Balaban J connectivity index is 2.69. The van der Waals surface area contributed by atoms with E-state index in [9.17, 15) is 0 Å². The average molecular weight is 208 g/mol. The maximum atomic E-state index is 5.15. The number of nitrogens with one attached hydrogen (secondary N) is 1. The van der Waals surface area contributed by atoms with Crippen molar-refractivity contribution >= 4 is 5.82 Å². The number of hydrogen-bond acceptors (Lipinski definition) is 3. The van der Waals surface area contributed by atoms with Gasteiger partial charge in [0, 0.05) is 13.3 Å². The highest BCUT2D eigenvalue weighted by molar-refractivity contribution is 5.44. The Hall–Kier alpha value is -1.09. The zero-order chi connectivity index (χ0) is 11.1. The fraction of sp³-hybridized carbons (Fsp3) is 0.583. The fourth-order valence-electron chi connectivity index (χ4n) is 1.51. The molecule has 3 heteroatoms. The lowest BCUT2D eigenvalue weighted by Gasteiger charge is -2.18. The first kappa shape index (κ1) is 12.0. The number of methoxy groups -OCH3 is 1. The van der Waals surface area contributed by atoms with Crippen molar-refractivity contribution in [3.63, 3.8) is 0 Å². The molecule has 0 aromatic carbocycles. The molecule has 0 bridgehead atoms. The van der Waals surface area contributed by atoms with E-state index in [2.05, 4.69) is 30.2 Å². The molecule has 1 aromatic rings. The molecule has 0 spiro atoms. The second-order valence-corrected chi connectivity index (χ2v) is 3.57. The molecule has 0 amide bonds. The van der Waals surface area contributed by atoms with E-state index in [0.717, 1.165) is 25.3 Å². The van der Waals surface area contributed by atoms with E-state index >= 15 is 0 Å². The molecule has 0 saturated carbocycles. The first-order valence-corrected chi connectivity index (χ1v) is 5.51. The lowest BCUT2D eigenvalue weighted by Crippen LogP contribution is -2.25. The minimum atomic E-state index is 0.343. The summed E-state index contributed by atoms with van der Waals surface area (Å²) in [5.41, 5.74) is 1.26. The molecule has 1 aromatic heterocycles. The highest BCUT2D eigenvalue weighted by atomic mass is 16.5. The highest BCUT2D eigenvalue weighted by Gasteiger charge is 2.08. The molecule has 1 rings (SSSR count). The SMILES string of the molecule is CCc1cccnc1NC(CC)COC. The lowest BCUT2D eigenvalue weighted by molar-refractivity contribution is 0.184. The summed E-state index contributed by atoms with van der Waals surface area (Å²) in [5.74, 6) is 0.990. The van der Waals surface area contributed by atoms with Crippen LogP contribution in [0.1, 0.15) is 25.8 Å². The standard InChI is InChI=1S/C12H20N2O/c1-4-10-7-6-8-13-12(10)14-11(5-2)9-15-3/h6-8,11H,4-5,9H2,1-3H3,(H,13,14). The van der Waals surface area contributed by atoms with Gasteiger partial charge in [0.25, 0.3) is 0 Å². The van der Waals surface area contributed by atoms with Gasteiger partial charge >= 0.3 is 0 Å². The molecule has 1 unspecified atom stereocenters. The summed E-state index contributed by atoms with van der Waals surface area (Å²) >= 11 is 0. The van der Waals surface area contributed by atoms with Gasteiger partial charge in [0.1, 0.15) is 5.82 Å². The monoisotopic (exact) mass is 208 g/mol. The van der Waals surface area contributed by atoms with Crippen LogP contribution in [0.15, 0.2) is 18.3 Å². The number of nitrogens with zero attached hydrogens (tertiary/aromatic N) is 1. The smallest absolute Gasteiger partial charge is 0.129 e. The third-order valence-corrected chi connectivity index (χ3v) is 2.47. The van der Waals surface area contributed by atoms with Gasteiger partial charge in [-0.1, -0.05) is 19.9 Å². The van der Waals surface area contributed by atoms with E-state index in [4.69, 9.17) is 4.74 Å². The van der Waals surface area contributed by atoms with Gasteiger partial charge in [-0.25, -0.2) is 4.98 Å². The number of hydrogen-bond donors (Lipinski definition) is 1. The molecule has 84 valence electrons. The normalized spacial score (nSPS) is 12.5. The topological polar surface area (TPSA) is 34.2 Å². The van der Waals surface area contributed by atoms with Crippen molar-refractivity contribution in [2.45, 2.75) is 32.7 Å². The molecule has 1 atom stereocenters. The molecule has 0 radical (unpaired) electrons. The quantitative estimate of drug-likeness (QED) is 0.780. The molecule has 0 fully saturated rings. The number of ether oxygens (including phenoxy) is 1. The van der Waals surface area contributed by atoms with E-state index in [-0.39, 0.29) is 0 Å².